The molecule has 1 aliphatic rings. The molecule has 0 atom stereocenters. The molecule has 0 amide bonds. The van der Waals surface area contributed by atoms with Gasteiger partial charge in [0.05, 0.1) is 0 Å². The van der Waals surface area contributed by atoms with Crippen LogP contribution in [0.25, 0.3) is 0 Å². The van der Waals surface area contributed by atoms with E-state index in [1.54, 1.807) is 12.1 Å². The van der Waals surface area contributed by atoms with E-state index in [4.69, 9.17) is 11.6 Å². The highest BCUT2D eigenvalue weighted by molar-refractivity contribution is 6.30. The molecule has 104 valence electrons. The Morgan fingerprint density at radius 3 is 2.50 bits per heavy atom. The van der Waals surface area contributed by atoms with E-state index in [-0.39, 0.29) is 23.6 Å². The first-order valence-electron chi connectivity index (χ1n) is 6.59. The summed E-state index contributed by atoms with van der Waals surface area (Å²) in [5.41, 5.74) is 1.44. The van der Waals surface area contributed by atoms with E-state index >= 15 is 0 Å². The molecule has 2 aromatic rings. The molecule has 4 heteroatoms. The predicted molar refractivity (Wildman–Crippen MR) is 77.2 cm³/mol. The smallest absolute Gasteiger partial charge is 0.126 e. The lowest BCUT2D eigenvalue weighted by Gasteiger charge is -2.37. The van der Waals surface area contributed by atoms with Crippen LogP contribution in [0.5, 0.6) is 0 Å². The van der Waals surface area contributed by atoms with Crippen LogP contribution < -0.4 is 5.32 Å². The average Bonchev–Trinajstić information content (AvgIpc) is 2.33. The van der Waals surface area contributed by atoms with Crippen molar-refractivity contribution in [3.63, 3.8) is 0 Å². The van der Waals surface area contributed by atoms with Crippen LogP contribution in [0.1, 0.15) is 24.3 Å². The molecule has 1 N–H and O–H groups in total. The van der Waals surface area contributed by atoms with Gasteiger partial charge < -0.3 is 5.32 Å². The Kier molecular flexibility index (Phi) is 3.62. The van der Waals surface area contributed by atoms with Gasteiger partial charge >= 0.3 is 0 Å². The second kappa shape index (κ2) is 5.41. The summed E-state index contributed by atoms with van der Waals surface area (Å²) in [6.07, 6.45) is 1.68. The molecule has 1 nitrogen and oxygen atoms in total. The Bertz CT molecular complexity index is 603. The van der Waals surface area contributed by atoms with Gasteiger partial charge in [-0.2, -0.15) is 0 Å². The number of anilines is 1. The number of hydrogen-bond donors (Lipinski definition) is 1. The maximum Gasteiger partial charge on any atom is 0.126 e. The predicted octanol–water partition coefficient (Wildman–Crippen LogP) is 4.98. The fourth-order valence-corrected chi connectivity index (χ4v) is 2.89. The van der Waals surface area contributed by atoms with Crippen LogP contribution >= 0.6 is 11.6 Å². The van der Waals surface area contributed by atoms with Crippen molar-refractivity contribution in [2.75, 3.05) is 5.32 Å². The molecule has 0 radical (unpaired) electrons. The third kappa shape index (κ3) is 2.78. The standard InChI is InChI=1S/C16H14ClF2N/c17-11-7-12(18)9-14(8-11)20-13-5-10(6-13)15-3-1-2-4-16(15)19/h1-4,7-10,13,20H,5-6H2. The van der Waals surface area contributed by atoms with Crippen LogP contribution in [-0.2, 0) is 0 Å². The van der Waals surface area contributed by atoms with Gasteiger partial charge in [-0.25, -0.2) is 8.78 Å². The summed E-state index contributed by atoms with van der Waals surface area (Å²) in [7, 11) is 0. The molecule has 0 unspecified atom stereocenters. The zero-order valence-corrected chi connectivity index (χ0v) is 11.5. The maximum absolute atomic E-state index is 13.6. The number of benzene rings is 2. The Morgan fingerprint density at radius 2 is 1.80 bits per heavy atom. The van der Waals surface area contributed by atoms with Gasteiger partial charge in [0.2, 0.25) is 0 Å². The molecule has 0 aliphatic heterocycles. The lowest BCUT2D eigenvalue weighted by atomic mass is 9.75. The lowest BCUT2D eigenvalue weighted by Crippen LogP contribution is -2.34. The van der Waals surface area contributed by atoms with Gasteiger partial charge in [-0.15, -0.1) is 0 Å². The molecule has 20 heavy (non-hydrogen) atoms. The molecular formula is C16H14ClF2N. The summed E-state index contributed by atoms with van der Waals surface area (Å²) < 4.78 is 26.9. The van der Waals surface area contributed by atoms with Crippen LogP contribution in [-0.4, -0.2) is 6.04 Å². The average molecular weight is 294 g/mol. The van der Waals surface area contributed by atoms with Crippen LogP contribution in [0.2, 0.25) is 5.02 Å². The third-order valence-corrected chi connectivity index (χ3v) is 3.93. The fraction of sp³-hybridized carbons (Fsp3) is 0.250. The largest absolute Gasteiger partial charge is 0.382 e. The Morgan fingerprint density at radius 1 is 1.05 bits per heavy atom. The van der Waals surface area contributed by atoms with Crippen LogP contribution in [0.4, 0.5) is 14.5 Å². The number of halogens is 3. The van der Waals surface area contributed by atoms with E-state index in [0.29, 0.717) is 10.7 Å². The lowest BCUT2D eigenvalue weighted by molar-refractivity contribution is 0.363. The first kappa shape index (κ1) is 13.4. The van der Waals surface area contributed by atoms with E-state index in [1.165, 1.54) is 18.2 Å². The SMILES string of the molecule is Fc1cc(Cl)cc(NC2CC(c3ccccc3F)C2)c1. The van der Waals surface area contributed by atoms with Gasteiger partial charge in [0.25, 0.3) is 0 Å². The summed E-state index contributed by atoms with van der Waals surface area (Å²) in [5.74, 6) is -0.271. The first-order valence-corrected chi connectivity index (χ1v) is 6.96. The van der Waals surface area contributed by atoms with Crippen molar-refractivity contribution in [3.05, 3.63) is 64.7 Å². The van der Waals surface area contributed by atoms with Crippen molar-refractivity contribution in [1.82, 2.24) is 0 Å². The van der Waals surface area contributed by atoms with E-state index in [1.807, 2.05) is 12.1 Å². The summed E-state index contributed by atoms with van der Waals surface area (Å²) >= 11 is 5.81. The maximum atomic E-state index is 13.6. The van der Waals surface area contributed by atoms with Crippen molar-refractivity contribution in [3.8, 4) is 0 Å². The first-order chi connectivity index (χ1) is 9.61. The summed E-state index contributed by atoms with van der Waals surface area (Å²) in [6, 6.07) is 11.5. The molecule has 1 saturated carbocycles. The number of hydrogen-bond acceptors (Lipinski definition) is 1. The second-order valence-electron chi connectivity index (χ2n) is 5.19. The summed E-state index contributed by atoms with van der Waals surface area (Å²) in [4.78, 5) is 0. The highest BCUT2D eigenvalue weighted by Gasteiger charge is 2.31. The second-order valence-corrected chi connectivity index (χ2v) is 5.63. The van der Waals surface area contributed by atoms with Gasteiger partial charge in [0.1, 0.15) is 11.6 Å². The monoisotopic (exact) mass is 293 g/mol. The van der Waals surface area contributed by atoms with Crippen LogP contribution in [0.3, 0.4) is 0 Å². The molecule has 0 spiro atoms. The minimum atomic E-state index is -0.357. The van der Waals surface area contributed by atoms with Gasteiger partial charge in [-0.3, -0.25) is 0 Å². The summed E-state index contributed by atoms with van der Waals surface area (Å²) in [6.45, 7) is 0. The molecule has 1 aliphatic carbocycles. The molecule has 0 aromatic heterocycles. The Hall–Kier alpha value is -1.61. The Labute approximate surface area is 121 Å². The van der Waals surface area contributed by atoms with Gasteiger partial charge in [0, 0.05) is 16.8 Å². The van der Waals surface area contributed by atoms with Crippen molar-refractivity contribution in [1.29, 1.82) is 0 Å². The van der Waals surface area contributed by atoms with Crippen molar-refractivity contribution in [2.24, 2.45) is 0 Å². The van der Waals surface area contributed by atoms with E-state index in [0.717, 1.165) is 18.4 Å². The third-order valence-electron chi connectivity index (χ3n) is 3.72. The highest BCUT2D eigenvalue weighted by Crippen LogP contribution is 2.39. The number of rotatable bonds is 3. The van der Waals surface area contributed by atoms with E-state index in [2.05, 4.69) is 5.32 Å². The van der Waals surface area contributed by atoms with Gasteiger partial charge in [-0.1, -0.05) is 29.8 Å². The molecule has 0 saturated heterocycles. The minimum absolute atomic E-state index is 0.148. The van der Waals surface area contributed by atoms with Crippen molar-refractivity contribution >= 4 is 17.3 Å². The fourth-order valence-electron chi connectivity index (χ4n) is 2.67. The highest BCUT2D eigenvalue weighted by atomic mass is 35.5. The van der Waals surface area contributed by atoms with Crippen molar-refractivity contribution in [2.45, 2.75) is 24.8 Å². The van der Waals surface area contributed by atoms with Crippen LogP contribution in [0, 0.1) is 11.6 Å². The zero-order valence-electron chi connectivity index (χ0n) is 10.7. The van der Waals surface area contributed by atoms with E-state index < -0.39 is 0 Å². The quantitative estimate of drug-likeness (QED) is 0.842. The van der Waals surface area contributed by atoms with E-state index in [9.17, 15) is 8.78 Å². The molecule has 3 rings (SSSR count). The Balaban J connectivity index is 1.62. The minimum Gasteiger partial charge on any atom is -0.382 e. The van der Waals surface area contributed by atoms with Crippen molar-refractivity contribution < 1.29 is 8.78 Å². The van der Waals surface area contributed by atoms with Crippen LogP contribution in [0.15, 0.2) is 42.5 Å². The molecule has 2 aromatic carbocycles. The molecule has 0 bridgehead atoms. The van der Waals surface area contributed by atoms with Gasteiger partial charge in [-0.05, 0) is 48.6 Å². The zero-order chi connectivity index (χ0) is 14.1. The normalized spacial score (nSPS) is 21.4. The molecule has 0 heterocycles. The van der Waals surface area contributed by atoms with Gasteiger partial charge in [0.15, 0.2) is 0 Å². The molecule has 1 fully saturated rings. The summed E-state index contributed by atoms with van der Waals surface area (Å²) in [5, 5.41) is 3.60. The topological polar surface area (TPSA) is 12.0 Å². The number of nitrogens with one attached hydrogen (secondary N) is 1. The molecular weight excluding hydrogens is 280 g/mol.